The minimum absolute atomic E-state index is 0.204. The Morgan fingerprint density at radius 1 is 1.24 bits per heavy atom. The molecule has 0 aliphatic heterocycles. The van der Waals surface area contributed by atoms with E-state index in [0.717, 1.165) is 36.8 Å². The van der Waals surface area contributed by atoms with E-state index < -0.39 is 0 Å². The number of aryl methyl sites for hydroxylation is 2. The quantitative estimate of drug-likeness (QED) is 0.650. The standard InChI is InChI=1S/C16H24O/c1-5-7-8-14(6-2)16(17)15-11-12(3)9-10-13(15)4/h9-11,14H,5-8H2,1-4H3. The van der Waals surface area contributed by atoms with Gasteiger partial charge in [0.2, 0.25) is 0 Å². The van der Waals surface area contributed by atoms with Gasteiger partial charge in [-0.15, -0.1) is 0 Å². The van der Waals surface area contributed by atoms with E-state index in [1.54, 1.807) is 0 Å². The molecule has 0 aliphatic carbocycles. The summed E-state index contributed by atoms with van der Waals surface area (Å²) < 4.78 is 0. The first-order valence-electron chi connectivity index (χ1n) is 6.71. The van der Waals surface area contributed by atoms with E-state index in [1.807, 2.05) is 19.9 Å². The third-order valence-corrected chi connectivity index (χ3v) is 3.43. The third-order valence-electron chi connectivity index (χ3n) is 3.43. The van der Waals surface area contributed by atoms with Crippen LogP contribution >= 0.6 is 0 Å². The number of hydrogen-bond acceptors (Lipinski definition) is 1. The van der Waals surface area contributed by atoms with E-state index in [0.29, 0.717) is 5.78 Å². The van der Waals surface area contributed by atoms with Crippen molar-refractivity contribution in [3.05, 3.63) is 34.9 Å². The fourth-order valence-corrected chi connectivity index (χ4v) is 2.19. The van der Waals surface area contributed by atoms with Gasteiger partial charge in [-0.3, -0.25) is 4.79 Å². The highest BCUT2D eigenvalue weighted by Gasteiger charge is 2.19. The summed E-state index contributed by atoms with van der Waals surface area (Å²) in [6.07, 6.45) is 4.29. The van der Waals surface area contributed by atoms with Crippen LogP contribution in [0, 0.1) is 19.8 Å². The molecule has 0 saturated carbocycles. The Morgan fingerprint density at radius 2 is 1.94 bits per heavy atom. The van der Waals surface area contributed by atoms with Crippen LogP contribution in [-0.4, -0.2) is 5.78 Å². The van der Waals surface area contributed by atoms with Gasteiger partial charge in [0, 0.05) is 11.5 Å². The average Bonchev–Trinajstić information content (AvgIpc) is 2.33. The topological polar surface area (TPSA) is 17.1 Å². The van der Waals surface area contributed by atoms with Gasteiger partial charge >= 0.3 is 0 Å². The molecular weight excluding hydrogens is 208 g/mol. The number of unbranched alkanes of at least 4 members (excludes halogenated alkanes) is 1. The zero-order valence-electron chi connectivity index (χ0n) is 11.5. The number of Topliss-reactive ketones (excluding diaryl/α,β-unsaturated/α-hetero) is 1. The summed E-state index contributed by atoms with van der Waals surface area (Å²) in [4.78, 5) is 12.5. The van der Waals surface area contributed by atoms with Crippen LogP contribution in [0.3, 0.4) is 0 Å². The number of benzene rings is 1. The summed E-state index contributed by atoms with van der Waals surface area (Å²) in [7, 11) is 0. The van der Waals surface area contributed by atoms with E-state index in [4.69, 9.17) is 0 Å². The van der Waals surface area contributed by atoms with Crippen molar-refractivity contribution in [2.45, 2.75) is 53.4 Å². The molecule has 1 rings (SSSR count). The fourth-order valence-electron chi connectivity index (χ4n) is 2.19. The largest absolute Gasteiger partial charge is 0.294 e. The normalized spacial score (nSPS) is 12.5. The third kappa shape index (κ3) is 3.69. The number of carbonyl (C=O) groups is 1. The van der Waals surface area contributed by atoms with Gasteiger partial charge in [0.1, 0.15) is 0 Å². The Bertz CT molecular complexity index is 379. The second-order valence-electron chi connectivity index (χ2n) is 4.93. The van der Waals surface area contributed by atoms with E-state index in [1.165, 1.54) is 5.56 Å². The fraction of sp³-hybridized carbons (Fsp3) is 0.562. The summed E-state index contributed by atoms with van der Waals surface area (Å²) in [6.45, 7) is 8.36. The first kappa shape index (κ1) is 14.0. The Morgan fingerprint density at radius 3 is 2.53 bits per heavy atom. The van der Waals surface area contributed by atoms with Gasteiger partial charge < -0.3 is 0 Å². The van der Waals surface area contributed by atoms with E-state index in [2.05, 4.69) is 26.0 Å². The maximum atomic E-state index is 12.5. The highest BCUT2D eigenvalue weighted by Crippen LogP contribution is 2.21. The molecule has 1 nitrogen and oxygen atoms in total. The molecule has 0 saturated heterocycles. The highest BCUT2D eigenvalue weighted by atomic mass is 16.1. The van der Waals surface area contributed by atoms with Gasteiger partial charge in [-0.05, 0) is 38.3 Å². The van der Waals surface area contributed by atoms with Crippen LogP contribution in [0.1, 0.15) is 61.0 Å². The second-order valence-corrected chi connectivity index (χ2v) is 4.93. The van der Waals surface area contributed by atoms with Crippen molar-refractivity contribution in [3.63, 3.8) is 0 Å². The molecule has 1 atom stereocenters. The van der Waals surface area contributed by atoms with Gasteiger partial charge in [0.25, 0.3) is 0 Å². The number of rotatable bonds is 6. The van der Waals surface area contributed by atoms with E-state index >= 15 is 0 Å². The number of ketones is 1. The van der Waals surface area contributed by atoms with Crippen molar-refractivity contribution in [3.8, 4) is 0 Å². The van der Waals surface area contributed by atoms with Gasteiger partial charge in [-0.25, -0.2) is 0 Å². The van der Waals surface area contributed by atoms with Crippen LogP contribution < -0.4 is 0 Å². The number of carbonyl (C=O) groups excluding carboxylic acids is 1. The molecule has 1 unspecified atom stereocenters. The minimum Gasteiger partial charge on any atom is -0.294 e. The van der Waals surface area contributed by atoms with Gasteiger partial charge in [0.15, 0.2) is 5.78 Å². The molecule has 17 heavy (non-hydrogen) atoms. The molecular formula is C16H24O. The van der Waals surface area contributed by atoms with Crippen molar-refractivity contribution < 1.29 is 4.79 Å². The molecule has 0 amide bonds. The molecule has 0 spiro atoms. The zero-order chi connectivity index (χ0) is 12.8. The molecule has 1 aromatic rings. The highest BCUT2D eigenvalue weighted by molar-refractivity contribution is 5.99. The average molecular weight is 232 g/mol. The molecule has 0 N–H and O–H groups in total. The first-order chi connectivity index (χ1) is 8.10. The molecule has 0 radical (unpaired) electrons. The lowest BCUT2D eigenvalue weighted by Gasteiger charge is -2.15. The van der Waals surface area contributed by atoms with Crippen LogP contribution in [0.15, 0.2) is 18.2 Å². The Hall–Kier alpha value is -1.11. The zero-order valence-corrected chi connectivity index (χ0v) is 11.5. The summed E-state index contributed by atoms with van der Waals surface area (Å²) in [5, 5.41) is 0. The van der Waals surface area contributed by atoms with Crippen molar-refractivity contribution >= 4 is 5.78 Å². The van der Waals surface area contributed by atoms with Crippen LogP contribution in [0.25, 0.3) is 0 Å². The Kier molecular flexibility index (Phi) is 5.40. The van der Waals surface area contributed by atoms with Gasteiger partial charge in [-0.1, -0.05) is 44.4 Å². The van der Waals surface area contributed by atoms with Crippen LogP contribution in [0.4, 0.5) is 0 Å². The summed E-state index contributed by atoms with van der Waals surface area (Å²) in [6, 6.07) is 6.15. The Labute approximate surface area is 105 Å². The summed E-state index contributed by atoms with van der Waals surface area (Å²) >= 11 is 0. The Balaban J connectivity index is 2.89. The molecule has 0 aliphatic rings. The van der Waals surface area contributed by atoms with Crippen LogP contribution in [-0.2, 0) is 0 Å². The lowest BCUT2D eigenvalue weighted by molar-refractivity contribution is 0.0907. The molecule has 1 aromatic carbocycles. The van der Waals surface area contributed by atoms with E-state index in [-0.39, 0.29) is 5.92 Å². The molecule has 1 heteroatoms. The molecule has 0 bridgehead atoms. The SMILES string of the molecule is CCCCC(CC)C(=O)c1cc(C)ccc1C. The molecule has 94 valence electrons. The summed E-state index contributed by atoms with van der Waals surface area (Å²) in [5.74, 6) is 0.539. The predicted octanol–water partition coefficient (Wildman–Crippen LogP) is 4.70. The molecule has 0 heterocycles. The number of hydrogen-bond donors (Lipinski definition) is 0. The first-order valence-corrected chi connectivity index (χ1v) is 6.71. The lowest BCUT2D eigenvalue weighted by atomic mass is 9.88. The van der Waals surface area contributed by atoms with Crippen molar-refractivity contribution in [1.82, 2.24) is 0 Å². The maximum Gasteiger partial charge on any atom is 0.166 e. The van der Waals surface area contributed by atoms with Crippen LogP contribution in [0.2, 0.25) is 0 Å². The van der Waals surface area contributed by atoms with Gasteiger partial charge in [-0.2, -0.15) is 0 Å². The molecule has 0 fully saturated rings. The minimum atomic E-state index is 0.204. The van der Waals surface area contributed by atoms with E-state index in [9.17, 15) is 4.79 Å². The van der Waals surface area contributed by atoms with Crippen molar-refractivity contribution in [2.75, 3.05) is 0 Å². The molecule has 0 aromatic heterocycles. The van der Waals surface area contributed by atoms with Crippen LogP contribution in [0.5, 0.6) is 0 Å². The summed E-state index contributed by atoms with van der Waals surface area (Å²) in [5.41, 5.74) is 3.20. The predicted molar refractivity (Wildman–Crippen MR) is 73.6 cm³/mol. The van der Waals surface area contributed by atoms with Gasteiger partial charge in [0.05, 0.1) is 0 Å². The maximum absolute atomic E-state index is 12.5. The van der Waals surface area contributed by atoms with Crippen molar-refractivity contribution in [2.24, 2.45) is 5.92 Å². The van der Waals surface area contributed by atoms with Crippen molar-refractivity contribution in [1.29, 1.82) is 0 Å². The monoisotopic (exact) mass is 232 g/mol. The second kappa shape index (κ2) is 6.58. The lowest BCUT2D eigenvalue weighted by Crippen LogP contribution is -2.15. The smallest absolute Gasteiger partial charge is 0.166 e.